The van der Waals surface area contributed by atoms with Crippen molar-refractivity contribution in [2.24, 2.45) is 0 Å². The first-order valence-corrected chi connectivity index (χ1v) is 5.01. The van der Waals surface area contributed by atoms with Crippen LogP contribution >= 0.6 is 11.6 Å². The lowest BCUT2D eigenvalue weighted by molar-refractivity contribution is -0.137. The third-order valence-corrected chi connectivity index (χ3v) is 2.47. The van der Waals surface area contributed by atoms with Crippen LogP contribution in [0.3, 0.4) is 0 Å². The van der Waals surface area contributed by atoms with Gasteiger partial charge in [-0.05, 0) is 30.3 Å². The molecule has 6 heteroatoms. The molecule has 0 aliphatic rings. The summed E-state index contributed by atoms with van der Waals surface area (Å²) in [4.78, 5) is 0. The molecule has 0 N–H and O–H groups in total. The molecule has 0 saturated heterocycles. The fourth-order valence-electron chi connectivity index (χ4n) is 1.34. The molecular weight excluding hydrogens is 253 g/mol. The van der Waals surface area contributed by atoms with Crippen LogP contribution in [0.1, 0.15) is 5.56 Å². The molecule has 0 radical (unpaired) electrons. The molecule has 0 aliphatic heterocycles. The van der Waals surface area contributed by atoms with Crippen LogP contribution in [0.5, 0.6) is 0 Å². The van der Waals surface area contributed by atoms with E-state index in [-0.39, 0.29) is 10.6 Å². The lowest BCUT2D eigenvalue weighted by Gasteiger charge is -2.09. The number of nitrogens with zero attached hydrogens (tertiary/aromatic N) is 2. The standard InChI is InChI=1S/C11H6ClF3N2/c12-9-4-3-7(11(13,14)15)6-8(9)10-2-1-5-16-17-10/h1-6H. The minimum atomic E-state index is -4.40. The highest BCUT2D eigenvalue weighted by molar-refractivity contribution is 6.33. The highest BCUT2D eigenvalue weighted by atomic mass is 35.5. The Labute approximate surface area is 100 Å². The van der Waals surface area contributed by atoms with Gasteiger partial charge in [0.2, 0.25) is 0 Å². The number of halogens is 4. The predicted molar refractivity (Wildman–Crippen MR) is 57.5 cm³/mol. The zero-order valence-electron chi connectivity index (χ0n) is 8.37. The molecule has 0 aliphatic carbocycles. The van der Waals surface area contributed by atoms with E-state index in [0.29, 0.717) is 5.69 Å². The average Bonchev–Trinajstić information content (AvgIpc) is 2.29. The van der Waals surface area contributed by atoms with Gasteiger partial charge in [-0.25, -0.2) is 0 Å². The summed E-state index contributed by atoms with van der Waals surface area (Å²) in [6.45, 7) is 0. The van der Waals surface area contributed by atoms with E-state index >= 15 is 0 Å². The van der Waals surface area contributed by atoms with Gasteiger partial charge in [0.15, 0.2) is 0 Å². The Hall–Kier alpha value is -1.62. The summed E-state index contributed by atoms with van der Waals surface area (Å²) >= 11 is 5.85. The first-order chi connectivity index (χ1) is 7.98. The lowest BCUT2D eigenvalue weighted by Crippen LogP contribution is -2.05. The van der Waals surface area contributed by atoms with Crippen LogP contribution in [-0.4, -0.2) is 10.2 Å². The third kappa shape index (κ3) is 2.55. The molecule has 0 amide bonds. The number of benzene rings is 1. The summed E-state index contributed by atoms with van der Waals surface area (Å²) in [5.74, 6) is 0. The third-order valence-electron chi connectivity index (χ3n) is 2.14. The normalized spacial score (nSPS) is 11.5. The van der Waals surface area contributed by atoms with Crippen LogP contribution in [0.2, 0.25) is 5.02 Å². The number of hydrogen-bond acceptors (Lipinski definition) is 2. The Morgan fingerprint density at radius 3 is 2.47 bits per heavy atom. The van der Waals surface area contributed by atoms with Crippen LogP contribution < -0.4 is 0 Å². The molecule has 0 bridgehead atoms. The number of rotatable bonds is 1. The largest absolute Gasteiger partial charge is 0.416 e. The Bertz CT molecular complexity index is 526. The first kappa shape index (κ1) is 11.9. The van der Waals surface area contributed by atoms with Gasteiger partial charge in [-0.3, -0.25) is 0 Å². The summed E-state index contributed by atoms with van der Waals surface area (Å²) in [6, 6.07) is 6.23. The second-order valence-corrected chi connectivity index (χ2v) is 3.71. The lowest BCUT2D eigenvalue weighted by atomic mass is 10.1. The maximum absolute atomic E-state index is 12.5. The number of aromatic nitrogens is 2. The summed E-state index contributed by atoms with van der Waals surface area (Å²) in [7, 11) is 0. The van der Waals surface area contributed by atoms with E-state index in [1.165, 1.54) is 12.3 Å². The van der Waals surface area contributed by atoms with E-state index in [1.807, 2.05) is 0 Å². The molecule has 0 saturated carbocycles. The number of alkyl halides is 3. The Balaban J connectivity index is 2.55. The van der Waals surface area contributed by atoms with Crippen LogP contribution in [0, 0.1) is 0 Å². The van der Waals surface area contributed by atoms with E-state index in [2.05, 4.69) is 10.2 Å². The van der Waals surface area contributed by atoms with Gasteiger partial charge in [-0.15, -0.1) is 0 Å². The van der Waals surface area contributed by atoms with Crippen molar-refractivity contribution in [2.75, 3.05) is 0 Å². The minimum Gasteiger partial charge on any atom is -0.166 e. The van der Waals surface area contributed by atoms with E-state index in [4.69, 9.17) is 11.6 Å². The Morgan fingerprint density at radius 1 is 1.12 bits per heavy atom. The summed E-state index contributed by atoms with van der Waals surface area (Å²) in [5.41, 5.74) is -0.235. The van der Waals surface area contributed by atoms with Gasteiger partial charge in [-0.2, -0.15) is 23.4 Å². The van der Waals surface area contributed by atoms with Crippen molar-refractivity contribution < 1.29 is 13.2 Å². The van der Waals surface area contributed by atoms with Gasteiger partial charge in [-0.1, -0.05) is 11.6 Å². The molecule has 17 heavy (non-hydrogen) atoms. The number of hydrogen-bond donors (Lipinski definition) is 0. The van der Waals surface area contributed by atoms with E-state index < -0.39 is 11.7 Å². The van der Waals surface area contributed by atoms with Gasteiger partial charge in [0.25, 0.3) is 0 Å². The average molecular weight is 259 g/mol. The predicted octanol–water partition coefficient (Wildman–Crippen LogP) is 3.82. The SMILES string of the molecule is FC(F)(F)c1ccc(Cl)c(-c2cccnn2)c1. The van der Waals surface area contributed by atoms with Crippen LogP contribution in [0.15, 0.2) is 36.5 Å². The zero-order chi connectivity index (χ0) is 12.5. The van der Waals surface area contributed by atoms with Crippen LogP contribution in [-0.2, 0) is 6.18 Å². The summed E-state index contributed by atoms with van der Waals surface area (Å²) in [5, 5.41) is 7.54. The molecule has 2 nitrogen and oxygen atoms in total. The molecule has 88 valence electrons. The molecule has 0 unspecified atom stereocenters. The molecule has 0 fully saturated rings. The van der Waals surface area contributed by atoms with Crippen molar-refractivity contribution in [3.05, 3.63) is 47.1 Å². The van der Waals surface area contributed by atoms with Gasteiger partial charge in [0.1, 0.15) is 0 Å². The minimum absolute atomic E-state index is 0.207. The fourth-order valence-corrected chi connectivity index (χ4v) is 1.56. The molecule has 1 heterocycles. The maximum Gasteiger partial charge on any atom is 0.416 e. The van der Waals surface area contributed by atoms with E-state index in [0.717, 1.165) is 12.1 Å². The van der Waals surface area contributed by atoms with Crippen molar-refractivity contribution in [2.45, 2.75) is 6.18 Å². The van der Waals surface area contributed by atoms with Crippen LogP contribution in [0.4, 0.5) is 13.2 Å². The van der Waals surface area contributed by atoms with Gasteiger partial charge >= 0.3 is 6.18 Å². The molecule has 0 spiro atoms. The second-order valence-electron chi connectivity index (χ2n) is 3.30. The first-order valence-electron chi connectivity index (χ1n) is 4.63. The van der Waals surface area contributed by atoms with E-state index in [9.17, 15) is 13.2 Å². The monoisotopic (exact) mass is 258 g/mol. The quantitative estimate of drug-likeness (QED) is 0.777. The second kappa shape index (κ2) is 4.33. The Kier molecular flexibility index (Phi) is 3.02. The summed E-state index contributed by atoms with van der Waals surface area (Å²) in [6.07, 6.45) is -2.97. The van der Waals surface area contributed by atoms with Gasteiger partial charge < -0.3 is 0 Å². The molecule has 2 rings (SSSR count). The maximum atomic E-state index is 12.5. The smallest absolute Gasteiger partial charge is 0.166 e. The van der Waals surface area contributed by atoms with Crippen molar-refractivity contribution in [1.29, 1.82) is 0 Å². The van der Waals surface area contributed by atoms with Crippen molar-refractivity contribution in [3.63, 3.8) is 0 Å². The summed E-state index contributed by atoms with van der Waals surface area (Å²) < 4.78 is 37.6. The van der Waals surface area contributed by atoms with Crippen molar-refractivity contribution in [1.82, 2.24) is 10.2 Å². The molecule has 1 aromatic heterocycles. The van der Waals surface area contributed by atoms with E-state index in [1.54, 1.807) is 12.1 Å². The van der Waals surface area contributed by atoms with Crippen molar-refractivity contribution in [3.8, 4) is 11.3 Å². The molecule has 1 aromatic carbocycles. The highest BCUT2D eigenvalue weighted by Gasteiger charge is 2.31. The highest BCUT2D eigenvalue weighted by Crippen LogP contribution is 2.34. The molecule has 2 aromatic rings. The zero-order valence-corrected chi connectivity index (χ0v) is 9.13. The molecule has 0 atom stereocenters. The Morgan fingerprint density at radius 2 is 1.88 bits per heavy atom. The fraction of sp³-hybridized carbons (Fsp3) is 0.0909. The molecular formula is C11H6ClF3N2. The van der Waals surface area contributed by atoms with Crippen molar-refractivity contribution >= 4 is 11.6 Å². The van der Waals surface area contributed by atoms with Gasteiger partial charge in [0.05, 0.1) is 16.3 Å². The van der Waals surface area contributed by atoms with Crippen LogP contribution in [0.25, 0.3) is 11.3 Å². The van der Waals surface area contributed by atoms with Gasteiger partial charge in [0, 0.05) is 11.8 Å². The topological polar surface area (TPSA) is 25.8 Å².